The molecule has 0 radical (unpaired) electrons. The van der Waals surface area contributed by atoms with Gasteiger partial charge in [-0.1, -0.05) is 23.8 Å². The fourth-order valence-electron chi connectivity index (χ4n) is 2.47. The van der Waals surface area contributed by atoms with Crippen LogP contribution in [0, 0.1) is 0 Å². The molecule has 1 N–H and O–H groups in total. The molecule has 2 rings (SSSR count). The number of imidazole rings is 1. The summed E-state index contributed by atoms with van der Waals surface area (Å²) in [4.78, 5) is 23.9. The maximum absolute atomic E-state index is 12.3. The van der Waals surface area contributed by atoms with E-state index in [-0.39, 0.29) is 5.69 Å². The maximum atomic E-state index is 12.3. The summed E-state index contributed by atoms with van der Waals surface area (Å²) in [5.74, 6) is 0.665. The van der Waals surface area contributed by atoms with Crippen molar-refractivity contribution >= 4 is 28.5 Å². The minimum absolute atomic E-state index is 0.239. The molecule has 2 aromatic heterocycles. The number of methoxy groups -OCH3 is 2. The Hall–Kier alpha value is -2.64. The molecule has 2 aromatic rings. The van der Waals surface area contributed by atoms with Crippen LogP contribution >= 0.6 is 11.6 Å². The third-order valence-corrected chi connectivity index (χ3v) is 4.35. The van der Waals surface area contributed by atoms with E-state index in [0.29, 0.717) is 47.4 Å². The fraction of sp³-hybridized carbons (Fsp3) is 0.350. The van der Waals surface area contributed by atoms with Crippen molar-refractivity contribution in [3.63, 3.8) is 0 Å². The molecule has 0 amide bonds. The Labute approximate surface area is 169 Å². The SMILES string of the molecule is C/C=C(Cl)\C=C/CCn1c(=O)[nH]c2ncc(/C(C)=C/C(=C\COC)OC)nc21. The molecular formula is C20H25ClN4O3. The van der Waals surface area contributed by atoms with Crippen LogP contribution in [0.3, 0.4) is 0 Å². The lowest BCUT2D eigenvalue weighted by atomic mass is 10.2. The van der Waals surface area contributed by atoms with Crippen molar-refractivity contribution in [2.75, 3.05) is 20.8 Å². The normalized spacial score (nSPS) is 13.7. The molecule has 0 saturated heterocycles. The quantitative estimate of drug-likeness (QED) is 0.508. The number of allylic oxidation sites excluding steroid dienone is 6. The molecule has 0 bridgehead atoms. The van der Waals surface area contributed by atoms with E-state index in [4.69, 9.17) is 21.1 Å². The molecule has 8 heteroatoms. The Bertz CT molecular complexity index is 983. The first-order chi connectivity index (χ1) is 13.5. The number of halogens is 1. The summed E-state index contributed by atoms with van der Waals surface area (Å²) in [6, 6.07) is 0. The van der Waals surface area contributed by atoms with E-state index >= 15 is 0 Å². The summed E-state index contributed by atoms with van der Waals surface area (Å²) < 4.78 is 11.9. The predicted molar refractivity (Wildman–Crippen MR) is 112 cm³/mol. The molecule has 150 valence electrons. The van der Waals surface area contributed by atoms with Gasteiger partial charge in [0.1, 0.15) is 5.76 Å². The van der Waals surface area contributed by atoms with E-state index in [0.717, 1.165) is 5.57 Å². The first-order valence-electron chi connectivity index (χ1n) is 8.85. The lowest BCUT2D eigenvalue weighted by Crippen LogP contribution is -2.16. The Kier molecular flexibility index (Phi) is 8.22. The monoisotopic (exact) mass is 404 g/mol. The van der Waals surface area contributed by atoms with Crippen molar-refractivity contribution in [3.05, 3.63) is 63.5 Å². The highest BCUT2D eigenvalue weighted by Gasteiger charge is 2.11. The van der Waals surface area contributed by atoms with Gasteiger partial charge in [0.25, 0.3) is 0 Å². The third kappa shape index (κ3) is 5.68. The minimum atomic E-state index is -0.239. The second kappa shape index (κ2) is 10.6. The Morgan fingerprint density at radius 2 is 2.18 bits per heavy atom. The fourth-order valence-corrected chi connectivity index (χ4v) is 2.56. The summed E-state index contributed by atoms with van der Waals surface area (Å²) in [7, 11) is 3.21. The van der Waals surface area contributed by atoms with Crippen LogP contribution in [0.4, 0.5) is 0 Å². The molecule has 0 atom stereocenters. The lowest BCUT2D eigenvalue weighted by Gasteiger charge is -2.05. The van der Waals surface area contributed by atoms with Crippen LogP contribution in [-0.2, 0) is 16.0 Å². The van der Waals surface area contributed by atoms with Crippen molar-refractivity contribution < 1.29 is 9.47 Å². The second-order valence-corrected chi connectivity index (χ2v) is 6.40. The van der Waals surface area contributed by atoms with Gasteiger partial charge < -0.3 is 9.47 Å². The van der Waals surface area contributed by atoms with Gasteiger partial charge in [0.2, 0.25) is 0 Å². The van der Waals surface area contributed by atoms with Crippen molar-refractivity contribution in [1.82, 2.24) is 19.5 Å². The van der Waals surface area contributed by atoms with Gasteiger partial charge in [-0.3, -0.25) is 9.55 Å². The number of ether oxygens (including phenoxy) is 2. The van der Waals surface area contributed by atoms with Crippen LogP contribution in [0.15, 0.2) is 52.2 Å². The number of nitrogens with zero attached hydrogens (tertiary/aromatic N) is 3. The molecule has 7 nitrogen and oxygen atoms in total. The lowest BCUT2D eigenvalue weighted by molar-refractivity contribution is 0.226. The number of aryl methyl sites for hydroxylation is 1. The zero-order valence-corrected chi connectivity index (χ0v) is 17.3. The number of hydrogen-bond donors (Lipinski definition) is 1. The summed E-state index contributed by atoms with van der Waals surface area (Å²) in [6.45, 7) is 4.69. The standard InChI is InChI=1S/C20H25ClN4O3/c1-5-15(21)8-6-7-10-25-19-18(24-20(25)26)22-13-17(23-19)14(2)12-16(28-4)9-11-27-3/h5-6,8-9,12-13H,7,10-11H2,1-4H3,(H,22,24,26)/b8-6-,14-12+,15-5+,16-9+. The topological polar surface area (TPSA) is 82.0 Å². The molecule has 0 fully saturated rings. The number of H-pyrrole nitrogens is 1. The van der Waals surface area contributed by atoms with E-state index < -0.39 is 0 Å². The Balaban J connectivity index is 2.31. The second-order valence-electron chi connectivity index (χ2n) is 5.97. The van der Waals surface area contributed by atoms with Crippen molar-refractivity contribution in [2.45, 2.75) is 26.8 Å². The molecule has 0 aliphatic carbocycles. The van der Waals surface area contributed by atoms with Crippen LogP contribution in [0.1, 0.15) is 26.0 Å². The van der Waals surface area contributed by atoms with Crippen LogP contribution in [0.2, 0.25) is 0 Å². The van der Waals surface area contributed by atoms with Gasteiger partial charge in [-0.2, -0.15) is 0 Å². The molecule has 28 heavy (non-hydrogen) atoms. The number of fused-ring (bicyclic) bond motifs is 1. The highest BCUT2D eigenvalue weighted by molar-refractivity contribution is 6.31. The van der Waals surface area contributed by atoms with Crippen LogP contribution in [0.25, 0.3) is 16.9 Å². The highest BCUT2D eigenvalue weighted by atomic mass is 35.5. The van der Waals surface area contributed by atoms with E-state index in [1.165, 1.54) is 0 Å². The number of aromatic nitrogens is 4. The summed E-state index contributed by atoms with van der Waals surface area (Å²) in [6.07, 6.45) is 11.5. The summed E-state index contributed by atoms with van der Waals surface area (Å²) >= 11 is 5.94. The zero-order chi connectivity index (χ0) is 20.5. The molecular weight excluding hydrogens is 380 g/mol. The van der Waals surface area contributed by atoms with Crippen LogP contribution < -0.4 is 5.69 Å². The molecule has 0 aliphatic heterocycles. The summed E-state index contributed by atoms with van der Waals surface area (Å²) in [5.41, 5.74) is 2.25. The molecule has 0 spiro atoms. The van der Waals surface area contributed by atoms with E-state index in [2.05, 4.69) is 15.0 Å². The van der Waals surface area contributed by atoms with Gasteiger partial charge >= 0.3 is 5.69 Å². The predicted octanol–water partition coefficient (Wildman–Crippen LogP) is 3.79. The first kappa shape index (κ1) is 21.7. The number of rotatable bonds is 9. The van der Waals surface area contributed by atoms with Crippen molar-refractivity contribution in [1.29, 1.82) is 0 Å². The first-order valence-corrected chi connectivity index (χ1v) is 9.23. The van der Waals surface area contributed by atoms with Gasteiger partial charge in [0.05, 0.1) is 25.6 Å². The van der Waals surface area contributed by atoms with Gasteiger partial charge in [-0.25, -0.2) is 14.8 Å². The molecule has 0 aliphatic rings. The average molecular weight is 405 g/mol. The highest BCUT2D eigenvalue weighted by Crippen LogP contribution is 2.16. The van der Waals surface area contributed by atoms with Crippen molar-refractivity contribution in [3.8, 4) is 0 Å². The molecule has 0 unspecified atom stereocenters. The largest absolute Gasteiger partial charge is 0.497 e. The third-order valence-electron chi connectivity index (χ3n) is 4.00. The van der Waals surface area contributed by atoms with Gasteiger partial charge in [0.15, 0.2) is 11.3 Å². The maximum Gasteiger partial charge on any atom is 0.328 e. The smallest absolute Gasteiger partial charge is 0.328 e. The average Bonchev–Trinajstić information content (AvgIpc) is 3.02. The summed E-state index contributed by atoms with van der Waals surface area (Å²) in [5, 5.41) is 0.657. The van der Waals surface area contributed by atoms with Gasteiger partial charge in [0, 0.05) is 18.7 Å². The van der Waals surface area contributed by atoms with Crippen molar-refractivity contribution in [2.24, 2.45) is 0 Å². The Morgan fingerprint density at radius 1 is 1.39 bits per heavy atom. The van der Waals surface area contributed by atoms with Gasteiger partial charge in [-0.15, -0.1) is 0 Å². The van der Waals surface area contributed by atoms with E-state index in [1.54, 1.807) is 31.1 Å². The number of hydrogen-bond acceptors (Lipinski definition) is 5. The molecule has 2 heterocycles. The molecule has 0 saturated carbocycles. The Morgan fingerprint density at radius 3 is 2.86 bits per heavy atom. The van der Waals surface area contributed by atoms with Gasteiger partial charge in [-0.05, 0) is 44.1 Å². The van der Waals surface area contributed by atoms with E-state index in [9.17, 15) is 4.79 Å². The van der Waals surface area contributed by atoms with E-state index in [1.807, 2.05) is 38.2 Å². The number of aromatic amines is 1. The van der Waals surface area contributed by atoms with Crippen LogP contribution in [-0.4, -0.2) is 40.3 Å². The molecule has 0 aromatic carbocycles. The van der Waals surface area contributed by atoms with Crippen LogP contribution in [0.5, 0.6) is 0 Å². The zero-order valence-electron chi connectivity index (χ0n) is 16.5. The number of nitrogens with one attached hydrogen (secondary N) is 1. The minimum Gasteiger partial charge on any atom is -0.497 e.